The summed E-state index contributed by atoms with van der Waals surface area (Å²) in [6.07, 6.45) is 0. The first-order valence-corrected chi connectivity index (χ1v) is 9.39. The van der Waals surface area contributed by atoms with Crippen LogP contribution >= 0.6 is 0 Å². The van der Waals surface area contributed by atoms with Gasteiger partial charge in [0.05, 0.1) is 5.56 Å². The molecule has 0 bridgehead atoms. The Morgan fingerprint density at radius 1 is 0.900 bits per heavy atom. The molecule has 2 N–H and O–H groups in total. The fourth-order valence-electron chi connectivity index (χ4n) is 3.97. The van der Waals surface area contributed by atoms with E-state index in [1.807, 2.05) is 18.2 Å². The molecule has 1 aliphatic heterocycles. The van der Waals surface area contributed by atoms with Gasteiger partial charge in [-0.1, -0.05) is 24.3 Å². The third kappa shape index (κ3) is 2.63. The second kappa shape index (κ2) is 6.46. The minimum atomic E-state index is -1.03. The molecule has 3 aromatic carbocycles. The number of rotatable bonds is 2. The zero-order valence-electron chi connectivity index (χ0n) is 16.0. The normalized spacial score (nSPS) is 11.4. The van der Waals surface area contributed by atoms with Crippen molar-refractivity contribution in [2.75, 3.05) is 0 Å². The molecule has 0 saturated carbocycles. The van der Waals surface area contributed by atoms with E-state index >= 15 is 0 Å². The van der Waals surface area contributed by atoms with E-state index in [0.29, 0.717) is 33.6 Å². The SMILES string of the molecule is Cc1cc2c(ccc3c(-c4ccccc4C(=O)O)c4ccc(=O)cc-4oc32)cc1O. The van der Waals surface area contributed by atoms with Crippen molar-refractivity contribution >= 4 is 27.7 Å². The topological polar surface area (TPSA) is 87.7 Å². The van der Waals surface area contributed by atoms with Crippen LogP contribution in [0.5, 0.6) is 5.75 Å². The number of phenolic OH excluding ortho intramolecular Hbond substituents is 1. The van der Waals surface area contributed by atoms with Gasteiger partial charge >= 0.3 is 5.97 Å². The number of hydrogen-bond donors (Lipinski definition) is 2. The number of aryl methyl sites for hydroxylation is 1. The molecule has 5 rings (SSSR count). The maximum atomic E-state index is 12.0. The molecule has 2 aliphatic rings. The van der Waals surface area contributed by atoms with Crippen molar-refractivity contribution in [2.45, 2.75) is 6.92 Å². The summed E-state index contributed by atoms with van der Waals surface area (Å²) >= 11 is 0. The lowest BCUT2D eigenvalue weighted by Crippen LogP contribution is -2.03. The summed E-state index contributed by atoms with van der Waals surface area (Å²) in [6.45, 7) is 1.80. The molecule has 146 valence electrons. The van der Waals surface area contributed by atoms with Crippen LogP contribution in [0.4, 0.5) is 0 Å². The number of phenols is 1. The number of fused-ring (bicyclic) bond motifs is 4. The predicted octanol–water partition coefficient (Wildman–Crippen LogP) is 5.43. The summed E-state index contributed by atoms with van der Waals surface area (Å²) < 4.78 is 6.17. The molecule has 0 amide bonds. The molecule has 0 radical (unpaired) electrons. The van der Waals surface area contributed by atoms with Gasteiger partial charge in [0.25, 0.3) is 0 Å². The molecule has 0 aromatic heterocycles. The molecule has 0 spiro atoms. The number of carboxylic acid groups (broad SMARTS) is 1. The van der Waals surface area contributed by atoms with Crippen molar-refractivity contribution < 1.29 is 19.4 Å². The first-order valence-electron chi connectivity index (χ1n) is 9.39. The van der Waals surface area contributed by atoms with Gasteiger partial charge in [0.1, 0.15) is 17.1 Å². The summed E-state index contributed by atoms with van der Waals surface area (Å²) in [6, 6.07) is 18.5. The lowest BCUT2D eigenvalue weighted by Gasteiger charge is -2.17. The summed E-state index contributed by atoms with van der Waals surface area (Å²) in [5.74, 6) is -0.473. The second-order valence-corrected chi connectivity index (χ2v) is 7.29. The van der Waals surface area contributed by atoms with E-state index in [1.165, 1.54) is 12.1 Å². The zero-order chi connectivity index (χ0) is 21.0. The van der Waals surface area contributed by atoms with Crippen molar-refractivity contribution in [3.05, 3.63) is 88.1 Å². The Morgan fingerprint density at radius 3 is 2.50 bits per heavy atom. The molecule has 0 fully saturated rings. The molecule has 0 atom stereocenters. The lowest BCUT2D eigenvalue weighted by molar-refractivity contribution is 0.0697. The third-order valence-electron chi connectivity index (χ3n) is 5.42. The molecule has 30 heavy (non-hydrogen) atoms. The molecule has 0 saturated heterocycles. The van der Waals surface area contributed by atoms with Crippen LogP contribution in [0.2, 0.25) is 0 Å². The summed E-state index contributed by atoms with van der Waals surface area (Å²) in [5.41, 5.74) is 3.09. The minimum absolute atomic E-state index is 0.166. The Bertz CT molecular complexity index is 1510. The van der Waals surface area contributed by atoms with E-state index in [0.717, 1.165) is 16.2 Å². The van der Waals surface area contributed by atoms with Gasteiger partial charge in [-0.3, -0.25) is 4.79 Å². The average Bonchev–Trinajstić information content (AvgIpc) is 2.73. The van der Waals surface area contributed by atoms with Gasteiger partial charge in [-0.2, -0.15) is 0 Å². The molecule has 1 heterocycles. The van der Waals surface area contributed by atoms with Crippen molar-refractivity contribution in [3.8, 4) is 28.2 Å². The molecule has 0 unspecified atom stereocenters. The van der Waals surface area contributed by atoms with Crippen LogP contribution in [0.25, 0.3) is 44.2 Å². The van der Waals surface area contributed by atoms with E-state index in [9.17, 15) is 19.8 Å². The monoisotopic (exact) mass is 396 g/mol. The van der Waals surface area contributed by atoms with Gasteiger partial charge in [0.2, 0.25) is 0 Å². The summed E-state index contributed by atoms with van der Waals surface area (Å²) in [7, 11) is 0. The zero-order valence-corrected chi connectivity index (χ0v) is 16.0. The minimum Gasteiger partial charge on any atom is -0.508 e. The Hall–Kier alpha value is -4.12. The second-order valence-electron chi connectivity index (χ2n) is 7.29. The van der Waals surface area contributed by atoms with Crippen molar-refractivity contribution in [3.63, 3.8) is 0 Å². The highest BCUT2D eigenvalue weighted by Gasteiger charge is 2.22. The highest BCUT2D eigenvalue weighted by Crippen LogP contribution is 2.43. The Balaban J connectivity index is 2.04. The van der Waals surface area contributed by atoms with Crippen LogP contribution in [-0.4, -0.2) is 16.2 Å². The maximum absolute atomic E-state index is 12.0. The fraction of sp³-hybridized carbons (Fsp3) is 0.0400. The fourth-order valence-corrected chi connectivity index (χ4v) is 3.97. The van der Waals surface area contributed by atoms with Crippen LogP contribution in [0.15, 0.2) is 75.9 Å². The van der Waals surface area contributed by atoms with Crippen LogP contribution < -0.4 is 5.43 Å². The molecular weight excluding hydrogens is 380 g/mol. The van der Waals surface area contributed by atoms with Crippen LogP contribution in [0, 0.1) is 6.92 Å². The highest BCUT2D eigenvalue weighted by molar-refractivity contribution is 6.14. The largest absolute Gasteiger partial charge is 0.508 e. The van der Waals surface area contributed by atoms with Crippen LogP contribution in [0.3, 0.4) is 0 Å². The summed E-state index contributed by atoms with van der Waals surface area (Å²) in [5, 5.41) is 22.1. The van der Waals surface area contributed by atoms with E-state index in [4.69, 9.17) is 4.42 Å². The Morgan fingerprint density at radius 2 is 1.70 bits per heavy atom. The van der Waals surface area contributed by atoms with Crippen molar-refractivity contribution in [1.29, 1.82) is 0 Å². The van der Waals surface area contributed by atoms with Crippen molar-refractivity contribution in [2.24, 2.45) is 0 Å². The average molecular weight is 396 g/mol. The Kier molecular flexibility index (Phi) is 3.86. The van der Waals surface area contributed by atoms with Gasteiger partial charge in [-0.15, -0.1) is 0 Å². The van der Waals surface area contributed by atoms with E-state index in [2.05, 4.69) is 0 Å². The van der Waals surface area contributed by atoms with Gasteiger partial charge in [0, 0.05) is 28.0 Å². The van der Waals surface area contributed by atoms with Crippen LogP contribution in [0.1, 0.15) is 15.9 Å². The first-order chi connectivity index (χ1) is 14.4. The predicted molar refractivity (Wildman–Crippen MR) is 115 cm³/mol. The van der Waals surface area contributed by atoms with Crippen LogP contribution in [-0.2, 0) is 0 Å². The van der Waals surface area contributed by atoms with E-state index < -0.39 is 5.97 Å². The third-order valence-corrected chi connectivity index (χ3v) is 5.42. The standard InChI is InChI=1S/C25H16O5/c1-13-10-20-14(11-21(13)27)6-8-19-23(16-4-2-3-5-17(16)25(28)29)18-9-7-15(26)12-22(18)30-24(19)20/h2-12,27H,1H3,(H,28,29). The molecule has 1 aliphatic carbocycles. The van der Waals surface area contributed by atoms with Crippen molar-refractivity contribution in [1.82, 2.24) is 0 Å². The molecule has 3 aromatic rings. The highest BCUT2D eigenvalue weighted by atomic mass is 16.4. The number of aromatic carboxylic acids is 1. The molecule has 5 nitrogen and oxygen atoms in total. The van der Waals surface area contributed by atoms with Gasteiger partial charge in [-0.25, -0.2) is 4.79 Å². The number of carboxylic acids is 1. The number of aromatic hydroxyl groups is 1. The van der Waals surface area contributed by atoms with Gasteiger partial charge in [0.15, 0.2) is 5.43 Å². The lowest BCUT2D eigenvalue weighted by atomic mass is 9.89. The molecule has 5 heteroatoms. The van der Waals surface area contributed by atoms with Gasteiger partial charge < -0.3 is 14.6 Å². The quantitative estimate of drug-likeness (QED) is 0.307. The first kappa shape index (κ1) is 17.9. The maximum Gasteiger partial charge on any atom is 0.336 e. The van der Waals surface area contributed by atoms with E-state index in [-0.39, 0.29) is 16.7 Å². The Labute approximate surface area is 170 Å². The van der Waals surface area contributed by atoms with Gasteiger partial charge in [-0.05, 0) is 59.8 Å². The number of carbonyl (C=O) groups is 1. The van der Waals surface area contributed by atoms with E-state index in [1.54, 1.807) is 43.3 Å². The molecular formula is C25H16O5. The number of hydrogen-bond acceptors (Lipinski definition) is 4. The smallest absolute Gasteiger partial charge is 0.336 e. The number of benzene rings is 4. The summed E-state index contributed by atoms with van der Waals surface area (Å²) in [4.78, 5) is 23.9.